The van der Waals surface area contributed by atoms with Crippen molar-refractivity contribution in [1.29, 1.82) is 0 Å². The summed E-state index contributed by atoms with van der Waals surface area (Å²) in [6, 6.07) is 7.18. The molecule has 2 atom stereocenters. The minimum atomic E-state index is -0.160. The predicted molar refractivity (Wildman–Crippen MR) is 73.0 cm³/mol. The summed E-state index contributed by atoms with van der Waals surface area (Å²) in [4.78, 5) is 29.5. The van der Waals surface area contributed by atoms with E-state index in [1.54, 1.807) is 18.2 Å². The Morgan fingerprint density at radius 3 is 2.80 bits per heavy atom. The molecule has 5 rings (SSSR count). The Kier molecular flexibility index (Phi) is 1.62. The van der Waals surface area contributed by atoms with Crippen molar-refractivity contribution < 1.29 is 4.79 Å². The number of fused-ring (bicyclic) bond motifs is 5. The number of nitrogens with zero attached hydrogens (tertiary/aromatic N) is 2. The lowest BCUT2D eigenvalue weighted by atomic mass is 10.1. The normalized spacial score (nSPS) is 23.9. The molecule has 0 saturated heterocycles. The van der Waals surface area contributed by atoms with Gasteiger partial charge in [-0.3, -0.25) is 14.2 Å². The third kappa shape index (κ3) is 1.10. The number of benzene rings is 1. The molecule has 1 fully saturated rings. The number of carbonyl (C=O) groups is 1. The van der Waals surface area contributed by atoms with Crippen molar-refractivity contribution >= 4 is 17.9 Å². The van der Waals surface area contributed by atoms with Crippen molar-refractivity contribution in [2.24, 2.45) is 11.8 Å². The number of para-hydroxylation sites is 1. The standard InChI is InChI=1S/C16H10N2O2/c19-14-10-3-1-2-4-13(10)18-15(14)17-12-7-9-5-8(9)6-11(12)16(18)20/h1-4,6-9H,5H2. The zero-order chi connectivity index (χ0) is 13.4. The quantitative estimate of drug-likeness (QED) is 0.572. The van der Waals surface area contributed by atoms with Crippen LogP contribution in [0.15, 0.2) is 29.1 Å². The largest absolute Gasteiger partial charge is 0.285 e. The van der Waals surface area contributed by atoms with Gasteiger partial charge in [-0.15, -0.1) is 0 Å². The van der Waals surface area contributed by atoms with Gasteiger partial charge in [-0.2, -0.15) is 0 Å². The van der Waals surface area contributed by atoms with Gasteiger partial charge >= 0.3 is 0 Å². The van der Waals surface area contributed by atoms with Gasteiger partial charge in [0.1, 0.15) is 0 Å². The zero-order valence-electron chi connectivity index (χ0n) is 10.5. The molecule has 4 nitrogen and oxygen atoms in total. The molecule has 2 aromatic rings. The average molecular weight is 262 g/mol. The first-order valence-electron chi connectivity index (χ1n) is 6.75. The molecule has 2 aliphatic carbocycles. The van der Waals surface area contributed by atoms with Crippen molar-refractivity contribution in [2.75, 3.05) is 0 Å². The molecule has 1 aromatic carbocycles. The third-order valence-corrected chi connectivity index (χ3v) is 4.38. The van der Waals surface area contributed by atoms with E-state index in [2.05, 4.69) is 4.98 Å². The second-order valence-corrected chi connectivity index (χ2v) is 5.62. The average Bonchev–Trinajstić information content (AvgIpc) is 3.17. The fourth-order valence-corrected chi connectivity index (χ4v) is 3.23. The highest BCUT2D eigenvalue weighted by Gasteiger charge is 2.37. The van der Waals surface area contributed by atoms with Gasteiger partial charge in [-0.25, -0.2) is 4.98 Å². The van der Waals surface area contributed by atoms with E-state index in [0.29, 0.717) is 33.7 Å². The first kappa shape index (κ1) is 10.3. The van der Waals surface area contributed by atoms with Crippen LogP contribution in [0.3, 0.4) is 0 Å². The summed E-state index contributed by atoms with van der Waals surface area (Å²) in [6.45, 7) is 0. The van der Waals surface area contributed by atoms with Crippen molar-refractivity contribution in [3.8, 4) is 5.69 Å². The first-order chi connectivity index (χ1) is 9.74. The molecular weight excluding hydrogens is 252 g/mol. The Bertz CT molecular complexity index is 985. The van der Waals surface area contributed by atoms with E-state index in [-0.39, 0.29) is 17.2 Å². The lowest BCUT2D eigenvalue weighted by Gasteiger charge is -2.05. The van der Waals surface area contributed by atoms with Crippen molar-refractivity contribution in [3.63, 3.8) is 0 Å². The molecule has 1 aromatic heterocycles. The van der Waals surface area contributed by atoms with Crippen LogP contribution >= 0.6 is 0 Å². The van der Waals surface area contributed by atoms with Gasteiger partial charge in [0.25, 0.3) is 5.56 Å². The Morgan fingerprint density at radius 1 is 1.10 bits per heavy atom. The van der Waals surface area contributed by atoms with Gasteiger partial charge in [0, 0.05) is 0 Å². The summed E-state index contributed by atoms with van der Waals surface area (Å²) in [5.74, 6) is 1.09. The maximum absolute atomic E-state index is 12.7. The van der Waals surface area contributed by atoms with Crippen LogP contribution in [0.5, 0.6) is 0 Å². The second-order valence-electron chi connectivity index (χ2n) is 5.62. The molecule has 20 heavy (non-hydrogen) atoms. The summed E-state index contributed by atoms with van der Waals surface area (Å²) in [5, 5.41) is 1.33. The molecule has 0 radical (unpaired) electrons. The number of hydrogen-bond donors (Lipinski definition) is 0. The van der Waals surface area contributed by atoms with Gasteiger partial charge in [-0.05, 0) is 30.4 Å². The molecule has 2 unspecified atom stereocenters. The van der Waals surface area contributed by atoms with Gasteiger partial charge < -0.3 is 0 Å². The third-order valence-electron chi connectivity index (χ3n) is 4.38. The topological polar surface area (TPSA) is 52.0 Å². The van der Waals surface area contributed by atoms with Crippen LogP contribution in [0.4, 0.5) is 0 Å². The highest BCUT2D eigenvalue weighted by molar-refractivity contribution is 6.12. The van der Waals surface area contributed by atoms with E-state index in [4.69, 9.17) is 0 Å². The summed E-state index contributed by atoms with van der Waals surface area (Å²) >= 11 is 0. The zero-order valence-corrected chi connectivity index (χ0v) is 10.5. The molecule has 96 valence electrons. The number of carbonyl (C=O) groups excluding carboxylic acids is 1. The van der Waals surface area contributed by atoms with Crippen LogP contribution in [-0.2, 0) is 0 Å². The van der Waals surface area contributed by atoms with Gasteiger partial charge in [0.2, 0.25) is 5.78 Å². The minimum Gasteiger partial charge on any atom is -0.285 e. The Balaban J connectivity index is 1.98. The lowest BCUT2D eigenvalue weighted by molar-refractivity contribution is 0.103. The highest BCUT2D eigenvalue weighted by Crippen LogP contribution is 2.41. The van der Waals surface area contributed by atoms with Gasteiger partial charge in [0.05, 0.1) is 21.8 Å². The van der Waals surface area contributed by atoms with Crippen molar-refractivity contribution in [3.05, 3.63) is 56.6 Å². The van der Waals surface area contributed by atoms with E-state index in [9.17, 15) is 9.59 Å². The Labute approximate surface area is 113 Å². The number of rotatable bonds is 0. The van der Waals surface area contributed by atoms with Crippen LogP contribution in [0, 0.1) is 11.8 Å². The van der Waals surface area contributed by atoms with E-state index < -0.39 is 0 Å². The first-order valence-corrected chi connectivity index (χ1v) is 6.75. The summed E-state index contributed by atoms with van der Waals surface area (Å²) < 4.78 is 1.46. The predicted octanol–water partition coefficient (Wildman–Crippen LogP) is -0.0124. The number of hydrogen-bond acceptors (Lipinski definition) is 3. The summed E-state index contributed by atoms with van der Waals surface area (Å²) in [7, 11) is 0. The van der Waals surface area contributed by atoms with Gasteiger partial charge in [-0.1, -0.05) is 24.3 Å². The fraction of sp³-hybridized carbons (Fsp3) is 0.188. The molecule has 0 bridgehead atoms. The van der Waals surface area contributed by atoms with Crippen molar-refractivity contribution in [1.82, 2.24) is 9.55 Å². The monoisotopic (exact) mass is 262 g/mol. The second kappa shape index (κ2) is 3.15. The molecule has 0 amide bonds. The molecule has 0 N–H and O–H groups in total. The Morgan fingerprint density at radius 2 is 1.90 bits per heavy atom. The minimum absolute atomic E-state index is 0.120. The van der Waals surface area contributed by atoms with Crippen LogP contribution in [-0.4, -0.2) is 15.3 Å². The molecule has 0 spiro atoms. The van der Waals surface area contributed by atoms with Crippen LogP contribution in [0.25, 0.3) is 17.8 Å². The SMILES string of the molecule is O=C1c2ccccc2-n2c1nc1c(c2=O)=CC2CC2C=1. The maximum atomic E-state index is 12.7. The summed E-state index contributed by atoms with van der Waals surface area (Å²) in [6.07, 6.45) is 5.15. The molecular formula is C16H10N2O2. The lowest BCUT2D eigenvalue weighted by Crippen LogP contribution is -2.48. The van der Waals surface area contributed by atoms with Gasteiger partial charge in [0.15, 0.2) is 5.82 Å². The van der Waals surface area contributed by atoms with Crippen LogP contribution in [0.1, 0.15) is 22.6 Å². The van der Waals surface area contributed by atoms with E-state index in [1.807, 2.05) is 18.2 Å². The molecule has 4 heteroatoms. The number of ketones is 1. The van der Waals surface area contributed by atoms with Crippen molar-refractivity contribution in [2.45, 2.75) is 6.42 Å². The van der Waals surface area contributed by atoms with E-state index >= 15 is 0 Å². The highest BCUT2D eigenvalue weighted by atomic mass is 16.1. The van der Waals surface area contributed by atoms with E-state index in [1.165, 1.54) is 4.57 Å². The van der Waals surface area contributed by atoms with Crippen LogP contribution < -0.4 is 16.1 Å². The molecule has 1 aliphatic heterocycles. The Hall–Kier alpha value is -2.49. The fourth-order valence-electron chi connectivity index (χ4n) is 3.23. The molecule has 1 saturated carbocycles. The van der Waals surface area contributed by atoms with Crippen LogP contribution in [0.2, 0.25) is 0 Å². The molecule has 2 heterocycles. The maximum Gasteiger partial charge on any atom is 0.266 e. The molecule has 3 aliphatic rings. The van der Waals surface area contributed by atoms with E-state index in [0.717, 1.165) is 6.42 Å². The summed E-state index contributed by atoms with van der Waals surface area (Å²) in [5.41, 5.74) is 1.09. The number of aromatic nitrogens is 2. The smallest absolute Gasteiger partial charge is 0.266 e.